The molecule has 138 valence electrons. The van der Waals surface area contributed by atoms with E-state index < -0.39 is 5.60 Å². The van der Waals surface area contributed by atoms with Gasteiger partial charge in [0.1, 0.15) is 5.60 Å². The highest BCUT2D eigenvalue weighted by Crippen LogP contribution is 2.37. The Balaban J connectivity index is 1.41. The zero-order valence-corrected chi connectivity index (χ0v) is 15.2. The molecule has 6 heteroatoms. The topological polar surface area (TPSA) is 68.5 Å². The van der Waals surface area contributed by atoms with Crippen molar-refractivity contribution in [3.63, 3.8) is 0 Å². The summed E-state index contributed by atoms with van der Waals surface area (Å²) in [5, 5.41) is 4.13. The molecule has 0 bridgehead atoms. The summed E-state index contributed by atoms with van der Waals surface area (Å²) in [6.07, 6.45) is 5.11. The first-order valence-corrected chi connectivity index (χ1v) is 9.38. The maximum atomic E-state index is 12.3. The van der Waals surface area contributed by atoms with Crippen molar-refractivity contribution in [3.8, 4) is 0 Å². The standard InChI is InChI=1S/C20H25N3O3/c1-25-20(9-11-23(12-10-20)18(24)14-16-7-8-16)19-21-17(22-26-19)13-15-5-3-2-4-6-15/h2-6,16H,7-14H2,1H3. The third kappa shape index (κ3) is 3.65. The summed E-state index contributed by atoms with van der Waals surface area (Å²) in [5.41, 5.74) is 0.560. The fourth-order valence-corrected chi connectivity index (χ4v) is 3.61. The van der Waals surface area contributed by atoms with Gasteiger partial charge in [-0.25, -0.2) is 0 Å². The van der Waals surface area contributed by atoms with Crippen molar-refractivity contribution in [2.75, 3.05) is 20.2 Å². The first-order valence-electron chi connectivity index (χ1n) is 9.38. The van der Waals surface area contributed by atoms with Crippen molar-refractivity contribution < 1.29 is 14.1 Å². The fraction of sp³-hybridized carbons (Fsp3) is 0.550. The average molecular weight is 355 g/mol. The molecule has 1 saturated carbocycles. The third-order valence-corrected chi connectivity index (χ3v) is 5.54. The summed E-state index contributed by atoms with van der Waals surface area (Å²) in [7, 11) is 1.68. The summed E-state index contributed by atoms with van der Waals surface area (Å²) in [5.74, 6) is 2.08. The van der Waals surface area contributed by atoms with E-state index in [0.717, 1.165) is 5.56 Å². The number of carbonyl (C=O) groups is 1. The molecule has 0 N–H and O–H groups in total. The molecule has 2 heterocycles. The summed E-state index contributed by atoms with van der Waals surface area (Å²) in [6, 6.07) is 10.1. The highest BCUT2D eigenvalue weighted by Gasteiger charge is 2.42. The molecule has 4 rings (SSSR count). The van der Waals surface area contributed by atoms with Crippen LogP contribution in [0.25, 0.3) is 0 Å². The van der Waals surface area contributed by atoms with Crippen molar-refractivity contribution >= 4 is 5.91 Å². The number of methoxy groups -OCH3 is 1. The highest BCUT2D eigenvalue weighted by atomic mass is 16.5. The number of rotatable bonds is 6. The van der Waals surface area contributed by atoms with Crippen LogP contribution in [0.3, 0.4) is 0 Å². The van der Waals surface area contributed by atoms with E-state index in [9.17, 15) is 4.79 Å². The predicted molar refractivity (Wildman–Crippen MR) is 95.4 cm³/mol. The van der Waals surface area contributed by atoms with Gasteiger partial charge in [0.2, 0.25) is 5.91 Å². The molecule has 1 aliphatic heterocycles. The summed E-state index contributed by atoms with van der Waals surface area (Å²) in [4.78, 5) is 18.9. The first-order chi connectivity index (χ1) is 12.7. The van der Waals surface area contributed by atoms with Crippen LogP contribution < -0.4 is 0 Å². The van der Waals surface area contributed by atoms with Gasteiger partial charge in [0.05, 0.1) is 0 Å². The third-order valence-electron chi connectivity index (χ3n) is 5.54. The minimum atomic E-state index is -0.585. The van der Waals surface area contributed by atoms with E-state index in [-0.39, 0.29) is 5.91 Å². The van der Waals surface area contributed by atoms with Crippen LogP contribution in [-0.2, 0) is 21.6 Å². The van der Waals surface area contributed by atoms with Crippen LogP contribution in [-0.4, -0.2) is 41.1 Å². The number of hydrogen-bond donors (Lipinski definition) is 0. The molecule has 0 atom stereocenters. The van der Waals surface area contributed by atoms with Gasteiger partial charge in [0.15, 0.2) is 5.82 Å². The molecule has 0 unspecified atom stereocenters. The molecule has 6 nitrogen and oxygen atoms in total. The molecule has 0 spiro atoms. The number of nitrogens with zero attached hydrogens (tertiary/aromatic N) is 3. The number of piperidine rings is 1. The number of carbonyl (C=O) groups excluding carboxylic acids is 1. The van der Waals surface area contributed by atoms with Crippen molar-refractivity contribution in [3.05, 3.63) is 47.6 Å². The molecule has 1 aromatic heterocycles. The van der Waals surface area contributed by atoms with E-state index in [2.05, 4.69) is 10.1 Å². The van der Waals surface area contributed by atoms with Crippen molar-refractivity contribution in [2.24, 2.45) is 5.92 Å². The number of aromatic nitrogens is 2. The van der Waals surface area contributed by atoms with Crippen molar-refractivity contribution in [1.82, 2.24) is 15.0 Å². The minimum absolute atomic E-state index is 0.271. The fourth-order valence-electron chi connectivity index (χ4n) is 3.61. The van der Waals surface area contributed by atoms with Gasteiger partial charge in [-0.3, -0.25) is 4.79 Å². The van der Waals surface area contributed by atoms with E-state index in [0.29, 0.717) is 56.4 Å². The normalized spacial score (nSPS) is 19.5. The molecule has 2 aromatic rings. The van der Waals surface area contributed by atoms with Crippen LogP contribution in [0, 0.1) is 5.92 Å². The Labute approximate surface area is 153 Å². The van der Waals surface area contributed by atoms with Crippen LogP contribution >= 0.6 is 0 Å². The highest BCUT2D eigenvalue weighted by molar-refractivity contribution is 5.76. The Kier molecular flexibility index (Phi) is 4.76. The molecule has 2 aliphatic rings. The maximum Gasteiger partial charge on any atom is 0.259 e. The van der Waals surface area contributed by atoms with Gasteiger partial charge in [0.25, 0.3) is 5.89 Å². The zero-order chi connectivity index (χ0) is 18.0. The SMILES string of the molecule is COC1(c2nc(Cc3ccccc3)no2)CCN(C(=O)CC2CC2)CC1. The van der Waals surface area contributed by atoms with Crippen LogP contribution in [0.1, 0.15) is 49.4 Å². The van der Waals surface area contributed by atoms with E-state index in [1.54, 1.807) is 7.11 Å². The molecule has 1 aliphatic carbocycles. The van der Waals surface area contributed by atoms with Gasteiger partial charge in [-0.05, 0) is 24.3 Å². The number of ether oxygens (including phenoxy) is 1. The number of likely N-dealkylation sites (tertiary alicyclic amines) is 1. The molecular formula is C20H25N3O3. The van der Waals surface area contributed by atoms with E-state index in [4.69, 9.17) is 9.26 Å². The van der Waals surface area contributed by atoms with Gasteiger partial charge in [-0.2, -0.15) is 4.98 Å². The van der Waals surface area contributed by atoms with Gasteiger partial charge < -0.3 is 14.2 Å². The van der Waals surface area contributed by atoms with Crippen molar-refractivity contribution in [1.29, 1.82) is 0 Å². The Morgan fingerprint density at radius 2 is 2.00 bits per heavy atom. The Morgan fingerprint density at radius 1 is 1.27 bits per heavy atom. The first kappa shape index (κ1) is 17.2. The van der Waals surface area contributed by atoms with Gasteiger partial charge in [-0.15, -0.1) is 0 Å². The second kappa shape index (κ2) is 7.19. The second-order valence-electron chi connectivity index (χ2n) is 7.40. The number of amides is 1. The molecule has 1 amide bonds. The molecule has 0 radical (unpaired) electrons. The monoisotopic (exact) mass is 355 g/mol. The van der Waals surface area contributed by atoms with Crippen molar-refractivity contribution in [2.45, 2.75) is 44.1 Å². The lowest BCUT2D eigenvalue weighted by atomic mass is 9.90. The maximum absolute atomic E-state index is 12.3. The van der Waals surface area contributed by atoms with Gasteiger partial charge >= 0.3 is 0 Å². The average Bonchev–Trinajstić information content (AvgIpc) is 3.37. The number of benzene rings is 1. The summed E-state index contributed by atoms with van der Waals surface area (Å²) < 4.78 is 11.4. The summed E-state index contributed by atoms with van der Waals surface area (Å²) in [6.45, 7) is 1.35. The zero-order valence-electron chi connectivity index (χ0n) is 15.2. The largest absolute Gasteiger partial charge is 0.368 e. The smallest absolute Gasteiger partial charge is 0.259 e. The van der Waals surface area contributed by atoms with Crippen LogP contribution in [0.4, 0.5) is 0 Å². The second-order valence-corrected chi connectivity index (χ2v) is 7.40. The van der Waals surface area contributed by atoms with Gasteiger partial charge in [-0.1, -0.05) is 35.5 Å². The van der Waals surface area contributed by atoms with E-state index >= 15 is 0 Å². The van der Waals surface area contributed by atoms with Gasteiger partial charge in [0, 0.05) is 45.9 Å². The summed E-state index contributed by atoms with van der Waals surface area (Å²) >= 11 is 0. The van der Waals surface area contributed by atoms with E-state index in [1.165, 1.54) is 12.8 Å². The Hall–Kier alpha value is -2.21. The van der Waals surface area contributed by atoms with Crippen LogP contribution in [0.15, 0.2) is 34.9 Å². The number of hydrogen-bond acceptors (Lipinski definition) is 5. The lowest BCUT2D eigenvalue weighted by Gasteiger charge is -2.38. The molecular weight excluding hydrogens is 330 g/mol. The molecule has 2 fully saturated rings. The minimum Gasteiger partial charge on any atom is -0.368 e. The quantitative estimate of drug-likeness (QED) is 0.797. The lowest BCUT2D eigenvalue weighted by molar-refractivity contribution is -0.139. The Bertz CT molecular complexity index is 747. The molecule has 26 heavy (non-hydrogen) atoms. The molecule has 1 saturated heterocycles. The lowest BCUT2D eigenvalue weighted by Crippen LogP contribution is -2.46. The van der Waals surface area contributed by atoms with Crippen LogP contribution in [0.5, 0.6) is 0 Å². The predicted octanol–water partition coefficient (Wildman–Crippen LogP) is 2.92. The van der Waals surface area contributed by atoms with E-state index in [1.807, 2.05) is 35.2 Å². The Morgan fingerprint density at radius 3 is 2.65 bits per heavy atom. The molecule has 1 aromatic carbocycles. The van der Waals surface area contributed by atoms with Crippen LogP contribution in [0.2, 0.25) is 0 Å².